The first kappa shape index (κ1) is 10.2. The van der Waals surface area contributed by atoms with Crippen molar-refractivity contribution in [3.8, 4) is 6.07 Å². The Bertz CT molecular complexity index is 319. The number of rotatable bonds is 3. The zero-order valence-corrected chi connectivity index (χ0v) is 8.74. The predicted octanol–water partition coefficient (Wildman–Crippen LogP) is 0.875. The SMILES string of the molecule is N#CC[C@@H](c1ccc[nH]1)N1CCNCC1. The van der Waals surface area contributed by atoms with Crippen molar-refractivity contribution in [3.05, 3.63) is 24.0 Å². The third-order valence-electron chi connectivity index (χ3n) is 2.86. The number of aromatic amines is 1. The molecule has 2 rings (SSSR count). The second-order valence-corrected chi connectivity index (χ2v) is 3.79. The highest BCUT2D eigenvalue weighted by atomic mass is 15.2. The number of hydrogen-bond acceptors (Lipinski definition) is 3. The Labute approximate surface area is 89.9 Å². The number of H-pyrrole nitrogens is 1. The number of nitrogens with zero attached hydrogens (tertiary/aromatic N) is 2. The Morgan fingerprint density at radius 2 is 2.27 bits per heavy atom. The second kappa shape index (κ2) is 4.96. The highest BCUT2D eigenvalue weighted by Crippen LogP contribution is 2.22. The smallest absolute Gasteiger partial charge is 0.0642 e. The molecule has 1 aromatic heterocycles. The number of piperazine rings is 1. The molecule has 1 aliphatic rings. The summed E-state index contributed by atoms with van der Waals surface area (Å²) in [6, 6.07) is 6.55. The standard InChI is InChI=1S/C11H16N4/c12-4-3-11(10-2-1-5-14-10)15-8-6-13-7-9-15/h1-2,5,11,13-14H,3,6-9H2/t11-/m0/s1. The first-order valence-electron chi connectivity index (χ1n) is 5.37. The maximum Gasteiger partial charge on any atom is 0.0642 e. The van der Waals surface area contributed by atoms with E-state index in [1.54, 1.807) is 0 Å². The first-order valence-corrected chi connectivity index (χ1v) is 5.37. The molecule has 15 heavy (non-hydrogen) atoms. The zero-order valence-electron chi connectivity index (χ0n) is 8.74. The van der Waals surface area contributed by atoms with Crippen molar-refractivity contribution >= 4 is 0 Å². The largest absolute Gasteiger partial charge is 0.364 e. The fourth-order valence-electron chi connectivity index (χ4n) is 2.07. The molecule has 0 aliphatic carbocycles. The van der Waals surface area contributed by atoms with E-state index in [4.69, 9.17) is 5.26 Å². The normalized spacial score (nSPS) is 19.7. The van der Waals surface area contributed by atoms with Crippen LogP contribution in [0.15, 0.2) is 18.3 Å². The number of hydrogen-bond donors (Lipinski definition) is 2. The molecule has 0 saturated carbocycles. The van der Waals surface area contributed by atoms with Gasteiger partial charge in [-0.25, -0.2) is 0 Å². The summed E-state index contributed by atoms with van der Waals surface area (Å²) < 4.78 is 0. The van der Waals surface area contributed by atoms with Crippen molar-refractivity contribution in [2.75, 3.05) is 26.2 Å². The van der Waals surface area contributed by atoms with Crippen LogP contribution in [0.3, 0.4) is 0 Å². The molecule has 1 aliphatic heterocycles. The van der Waals surface area contributed by atoms with Crippen LogP contribution in [0.25, 0.3) is 0 Å². The van der Waals surface area contributed by atoms with Gasteiger partial charge in [-0.15, -0.1) is 0 Å². The molecule has 0 radical (unpaired) electrons. The summed E-state index contributed by atoms with van der Waals surface area (Å²) >= 11 is 0. The lowest BCUT2D eigenvalue weighted by Crippen LogP contribution is -2.45. The van der Waals surface area contributed by atoms with Gasteiger partial charge in [0, 0.05) is 38.1 Å². The van der Waals surface area contributed by atoms with E-state index in [1.165, 1.54) is 0 Å². The molecular weight excluding hydrogens is 188 g/mol. The fourth-order valence-corrected chi connectivity index (χ4v) is 2.07. The quantitative estimate of drug-likeness (QED) is 0.768. The lowest BCUT2D eigenvalue weighted by molar-refractivity contribution is 0.173. The van der Waals surface area contributed by atoms with Crippen LogP contribution in [0.4, 0.5) is 0 Å². The van der Waals surface area contributed by atoms with Gasteiger partial charge in [0.05, 0.1) is 18.5 Å². The number of aromatic nitrogens is 1. The molecule has 0 bridgehead atoms. The molecule has 1 atom stereocenters. The van der Waals surface area contributed by atoms with Crippen LogP contribution >= 0.6 is 0 Å². The maximum absolute atomic E-state index is 8.86. The molecular formula is C11H16N4. The average molecular weight is 204 g/mol. The van der Waals surface area contributed by atoms with Crippen LogP contribution in [0, 0.1) is 11.3 Å². The van der Waals surface area contributed by atoms with Crippen LogP contribution in [0.2, 0.25) is 0 Å². The number of nitriles is 1. The van der Waals surface area contributed by atoms with Crippen molar-refractivity contribution in [1.29, 1.82) is 5.26 Å². The van der Waals surface area contributed by atoms with Crippen LogP contribution in [-0.4, -0.2) is 36.1 Å². The van der Waals surface area contributed by atoms with Crippen LogP contribution in [0.5, 0.6) is 0 Å². The van der Waals surface area contributed by atoms with E-state index >= 15 is 0 Å². The lowest BCUT2D eigenvalue weighted by Gasteiger charge is -2.33. The molecule has 2 N–H and O–H groups in total. The molecule has 1 fully saturated rings. The summed E-state index contributed by atoms with van der Waals surface area (Å²) in [5.74, 6) is 0. The molecule has 4 heteroatoms. The van der Waals surface area contributed by atoms with Gasteiger partial charge in [0.1, 0.15) is 0 Å². The summed E-state index contributed by atoms with van der Waals surface area (Å²) in [6.45, 7) is 4.07. The van der Waals surface area contributed by atoms with Gasteiger partial charge in [-0.05, 0) is 12.1 Å². The Morgan fingerprint density at radius 1 is 1.47 bits per heavy atom. The maximum atomic E-state index is 8.86. The minimum absolute atomic E-state index is 0.229. The molecule has 0 spiro atoms. The number of nitrogens with one attached hydrogen (secondary N) is 2. The third kappa shape index (κ3) is 2.38. The minimum Gasteiger partial charge on any atom is -0.364 e. The molecule has 0 aromatic carbocycles. The Balaban J connectivity index is 2.08. The molecule has 4 nitrogen and oxygen atoms in total. The van der Waals surface area contributed by atoms with Gasteiger partial charge in [0.15, 0.2) is 0 Å². The second-order valence-electron chi connectivity index (χ2n) is 3.79. The molecule has 0 unspecified atom stereocenters. The Hall–Kier alpha value is -1.31. The lowest BCUT2D eigenvalue weighted by atomic mass is 10.1. The molecule has 1 aromatic rings. The topological polar surface area (TPSA) is 54.9 Å². The summed E-state index contributed by atoms with van der Waals surface area (Å²) in [5, 5.41) is 12.2. The monoisotopic (exact) mass is 204 g/mol. The van der Waals surface area contributed by atoms with Crippen molar-refractivity contribution < 1.29 is 0 Å². The van der Waals surface area contributed by atoms with Gasteiger partial charge in [0.25, 0.3) is 0 Å². The van der Waals surface area contributed by atoms with Gasteiger partial charge >= 0.3 is 0 Å². The molecule has 0 amide bonds. The molecule has 1 saturated heterocycles. The van der Waals surface area contributed by atoms with E-state index in [1.807, 2.05) is 12.3 Å². The summed E-state index contributed by atoms with van der Waals surface area (Å²) in [4.78, 5) is 5.57. The van der Waals surface area contributed by atoms with E-state index < -0.39 is 0 Å². The Morgan fingerprint density at radius 3 is 2.87 bits per heavy atom. The van der Waals surface area contributed by atoms with Crippen molar-refractivity contribution in [2.24, 2.45) is 0 Å². The van der Waals surface area contributed by atoms with Crippen molar-refractivity contribution in [3.63, 3.8) is 0 Å². The highest BCUT2D eigenvalue weighted by molar-refractivity contribution is 5.11. The Kier molecular flexibility index (Phi) is 3.38. The van der Waals surface area contributed by atoms with E-state index in [2.05, 4.69) is 27.3 Å². The summed E-state index contributed by atoms with van der Waals surface area (Å²) in [7, 11) is 0. The zero-order chi connectivity index (χ0) is 10.5. The van der Waals surface area contributed by atoms with E-state index in [9.17, 15) is 0 Å². The van der Waals surface area contributed by atoms with Crippen LogP contribution in [0.1, 0.15) is 18.2 Å². The van der Waals surface area contributed by atoms with Crippen molar-refractivity contribution in [2.45, 2.75) is 12.5 Å². The summed E-state index contributed by atoms with van der Waals surface area (Å²) in [5.41, 5.74) is 1.15. The van der Waals surface area contributed by atoms with Gasteiger partial charge in [-0.2, -0.15) is 5.26 Å². The molecule has 2 heterocycles. The van der Waals surface area contributed by atoms with Gasteiger partial charge in [-0.1, -0.05) is 0 Å². The van der Waals surface area contributed by atoms with Gasteiger partial charge < -0.3 is 10.3 Å². The van der Waals surface area contributed by atoms with E-state index in [0.717, 1.165) is 31.9 Å². The average Bonchev–Trinajstić information content (AvgIpc) is 2.80. The van der Waals surface area contributed by atoms with Gasteiger partial charge in [0.2, 0.25) is 0 Å². The van der Waals surface area contributed by atoms with Gasteiger partial charge in [-0.3, -0.25) is 4.90 Å². The minimum atomic E-state index is 0.229. The third-order valence-corrected chi connectivity index (χ3v) is 2.86. The predicted molar refractivity (Wildman–Crippen MR) is 58.2 cm³/mol. The van der Waals surface area contributed by atoms with Crippen LogP contribution < -0.4 is 5.32 Å². The molecule has 80 valence electrons. The summed E-state index contributed by atoms with van der Waals surface area (Å²) in [6.07, 6.45) is 2.47. The van der Waals surface area contributed by atoms with E-state index in [0.29, 0.717) is 6.42 Å². The van der Waals surface area contributed by atoms with Crippen molar-refractivity contribution in [1.82, 2.24) is 15.2 Å². The van der Waals surface area contributed by atoms with E-state index in [-0.39, 0.29) is 6.04 Å². The van der Waals surface area contributed by atoms with Crippen LogP contribution in [-0.2, 0) is 0 Å². The fraction of sp³-hybridized carbons (Fsp3) is 0.545. The highest BCUT2D eigenvalue weighted by Gasteiger charge is 2.22. The first-order chi connectivity index (χ1) is 7.42.